The minimum absolute atomic E-state index is 0.00187. The topological polar surface area (TPSA) is 102 Å². The predicted molar refractivity (Wildman–Crippen MR) is 101 cm³/mol. The lowest BCUT2D eigenvalue weighted by atomic mass is 10.1. The molecule has 146 valence electrons. The molecule has 8 heteroatoms. The third kappa shape index (κ3) is 4.94. The van der Waals surface area contributed by atoms with E-state index in [0.29, 0.717) is 0 Å². The normalized spacial score (nSPS) is 9.96. The molecule has 2 aromatic rings. The second-order valence-electron chi connectivity index (χ2n) is 5.84. The van der Waals surface area contributed by atoms with Crippen LogP contribution in [0, 0.1) is 0 Å². The molecule has 0 saturated heterocycles. The molecule has 0 bridgehead atoms. The van der Waals surface area contributed by atoms with Crippen molar-refractivity contribution in [1.82, 2.24) is 4.90 Å². The molecule has 0 saturated carbocycles. The number of nitrogens with zero attached hydrogens (tertiary/aromatic N) is 1. The van der Waals surface area contributed by atoms with E-state index < -0.39 is 23.8 Å². The van der Waals surface area contributed by atoms with Gasteiger partial charge >= 0.3 is 23.8 Å². The number of esters is 2. The molecule has 0 radical (unpaired) electrons. The molecule has 0 aliphatic rings. The molecule has 0 aliphatic carbocycles. The van der Waals surface area contributed by atoms with Gasteiger partial charge in [-0.15, -0.1) is 0 Å². The van der Waals surface area contributed by atoms with E-state index >= 15 is 0 Å². The summed E-state index contributed by atoms with van der Waals surface area (Å²) in [4.78, 5) is 49.7. The van der Waals surface area contributed by atoms with Crippen LogP contribution in [0.2, 0.25) is 0 Å². The number of carbonyl (C=O) groups excluding carboxylic acids is 4. The van der Waals surface area contributed by atoms with E-state index in [1.54, 1.807) is 0 Å². The Bertz CT molecular complexity index is 895. The van der Waals surface area contributed by atoms with Crippen LogP contribution < -0.4 is 5.32 Å². The second kappa shape index (κ2) is 9.31. The Hall–Kier alpha value is -3.68. The number of hydrogen-bond donors (Lipinski definition) is 1. The van der Waals surface area contributed by atoms with Crippen LogP contribution in [0.4, 0.5) is 5.69 Å². The smallest absolute Gasteiger partial charge is 0.339 e. The summed E-state index contributed by atoms with van der Waals surface area (Å²) >= 11 is 0. The van der Waals surface area contributed by atoms with Gasteiger partial charge in [0.05, 0.1) is 31.0 Å². The maximum atomic E-state index is 12.4. The summed E-state index contributed by atoms with van der Waals surface area (Å²) in [5.41, 5.74) is 0.938. The van der Waals surface area contributed by atoms with Crippen molar-refractivity contribution in [2.45, 2.75) is 6.54 Å². The fraction of sp³-hybridized carbons (Fsp3) is 0.200. The number of likely N-dealkylation sites (N-methyl/N-ethyl adjacent to an activating group) is 1. The Kier molecular flexibility index (Phi) is 6.86. The minimum Gasteiger partial charge on any atom is -0.465 e. The predicted octanol–water partition coefficient (Wildman–Crippen LogP) is 1.86. The molecule has 2 rings (SSSR count). The van der Waals surface area contributed by atoms with Crippen LogP contribution in [-0.4, -0.2) is 49.9 Å². The van der Waals surface area contributed by atoms with Gasteiger partial charge in [-0.05, 0) is 23.8 Å². The number of methoxy groups -OCH3 is 2. The Labute approximate surface area is 162 Å². The second-order valence-corrected chi connectivity index (χ2v) is 5.84. The first-order valence-electron chi connectivity index (χ1n) is 8.28. The highest BCUT2D eigenvalue weighted by Crippen LogP contribution is 2.20. The molecule has 2 aromatic carbocycles. The maximum absolute atomic E-state index is 12.4. The van der Waals surface area contributed by atoms with Crippen LogP contribution in [0.25, 0.3) is 0 Å². The van der Waals surface area contributed by atoms with Gasteiger partial charge in [0.1, 0.15) is 0 Å². The average Bonchev–Trinajstić information content (AvgIpc) is 2.72. The first-order chi connectivity index (χ1) is 13.4. The van der Waals surface area contributed by atoms with Crippen LogP contribution in [0.3, 0.4) is 0 Å². The van der Waals surface area contributed by atoms with Crippen molar-refractivity contribution in [1.29, 1.82) is 0 Å². The molecule has 0 unspecified atom stereocenters. The molecule has 0 aliphatic heterocycles. The third-order valence-corrected chi connectivity index (χ3v) is 3.90. The van der Waals surface area contributed by atoms with E-state index in [1.165, 1.54) is 44.4 Å². The Morgan fingerprint density at radius 3 is 2.18 bits per heavy atom. The van der Waals surface area contributed by atoms with Crippen LogP contribution in [0.1, 0.15) is 26.3 Å². The molecular weight excluding hydrogens is 364 g/mol. The molecule has 8 nitrogen and oxygen atoms in total. The molecule has 1 N–H and O–H groups in total. The number of ether oxygens (including phenoxy) is 2. The number of nitrogens with one attached hydrogen (secondary N) is 1. The zero-order valence-electron chi connectivity index (χ0n) is 15.7. The molecular formula is C20H20N2O6. The Morgan fingerprint density at radius 1 is 0.929 bits per heavy atom. The van der Waals surface area contributed by atoms with Crippen molar-refractivity contribution in [3.63, 3.8) is 0 Å². The van der Waals surface area contributed by atoms with Crippen molar-refractivity contribution in [3.05, 3.63) is 65.2 Å². The highest BCUT2D eigenvalue weighted by molar-refractivity contribution is 6.39. The summed E-state index contributed by atoms with van der Waals surface area (Å²) in [7, 11) is 3.87. The van der Waals surface area contributed by atoms with Crippen molar-refractivity contribution in [2.75, 3.05) is 26.6 Å². The van der Waals surface area contributed by atoms with Crippen LogP contribution in [0.15, 0.2) is 48.5 Å². The zero-order valence-corrected chi connectivity index (χ0v) is 15.7. The third-order valence-electron chi connectivity index (χ3n) is 3.90. The van der Waals surface area contributed by atoms with Crippen LogP contribution >= 0.6 is 0 Å². The van der Waals surface area contributed by atoms with Gasteiger partial charge in [-0.2, -0.15) is 0 Å². The quantitative estimate of drug-likeness (QED) is 0.624. The van der Waals surface area contributed by atoms with Crippen molar-refractivity contribution < 1.29 is 28.7 Å². The fourth-order valence-electron chi connectivity index (χ4n) is 2.46. The number of hydrogen-bond acceptors (Lipinski definition) is 6. The summed E-state index contributed by atoms with van der Waals surface area (Å²) in [6, 6.07) is 13.1. The number of anilines is 1. The maximum Gasteiger partial charge on any atom is 0.339 e. The van der Waals surface area contributed by atoms with Crippen molar-refractivity contribution in [2.24, 2.45) is 0 Å². The molecule has 0 fully saturated rings. The lowest BCUT2D eigenvalue weighted by Gasteiger charge is -2.17. The van der Waals surface area contributed by atoms with Gasteiger partial charge in [-0.3, -0.25) is 9.59 Å². The summed E-state index contributed by atoms with van der Waals surface area (Å²) in [6.45, 7) is 0.235. The minimum atomic E-state index is -0.953. The first-order valence-corrected chi connectivity index (χ1v) is 8.28. The number of amides is 2. The molecule has 0 aromatic heterocycles. The van der Waals surface area contributed by atoms with E-state index in [9.17, 15) is 19.2 Å². The van der Waals surface area contributed by atoms with Gasteiger partial charge in [-0.1, -0.05) is 30.3 Å². The van der Waals surface area contributed by atoms with E-state index in [-0.39, 0.29) is 23.4 Å². The van der Waals surface area contributed by atoms with Crippen molar-refractivity contribution in [3.8, 4) is 0 Å². The highest BCUT2D eigenvalue weighted by atomic mass is 16.5. The summed E-state index contributed by atoms with van der Waals surface area (Å²) in [6.07, 6.45) is 0. The lowest BCUT2D eigenvalue weighted by molar-refractivity contribution is -0.142. The highest BCUT2D eigenvalue weighted by Gasteiger charge is 2.23. The van der Waals surface area contributed by atoms with E-state index in [0.717, 1.165) is 5.56 Å². The lowest BCUT2D eigenvalue weighted by Crippen LogP contribution is -2.37. The van der Waals surface area contributed by atoms with Crippen LogP contribution in [-0.2, 0) is 25.6 Å². The van der Waals surface area contributed by atoms with Gasteiger partial charge in [0.25, 0.3) is 0 Å². The van der Waals surface area contributed by atoms with Gasteiger partial charge in [0.15, 0.2) is 0 Å². The first kappa shape index (κ1) is 20.6. The summed E-state index contributed by atoms with van der Waals surface area (Å²) < 4.78 is 9.30. The fourth-order valence-corrected chi connectivity index (χ4v) is 2.46. The largest absolute Gasteiger partial charge is 0.465 e. The SMILES string of the molecule is COC(=O)c1ccc(C(=O)OC)c(NC(=O)C(=O)N(C)Cc2ccccc2)c1. The zero-order chi connectivity index (χ0) is 20.7. The van der Waals surface area contributed by atoms with Gasteiger partial charge in [0.2, 0.25) is 0 Å². The number of benzene rings is 2. The van der Waals surface area contributed by atoms with Gasteiger partial charge in [0, 0.05) is 13.6 Å². The molecule has 0 spiro atoms. The molecule has 0 atom stereocenters. The summed E-state index contributed by atoms with van der Waals surface area (Å²) in [5, 5.41) is 2.37. The van der Waals surface area contributed by atoms with E-state index in [1.807, 2.05) is 30.3 Å². The standard InChI is InChI=1S/C20H20N2O6/c1-22(12-13-7-5-4-6-8-13)18(24)17(23)21-16-11-14(19(25)27-2)9-10-15(16)20(26)28-3/h4-11H,12H2,1-3H3,(H,21,23). The van der Waals surface area contributed by atoms with E-state index in [2.05, 4.69) is 14.8 Å². The van der Waals surface area contributed by atoms with E-state index in [4.69, 9.17) is 0 Å². The Balaban J connectivity index is 2.21. The van der Waals surface area contributed by atoms with Crippen LogP contribution in [0.5, 0.6) is 0 Å². The average molecular weight is 384 g/mol. The summed E-state index contributed by atoms with van der Waals surface area (Å²) in [5.74, 6) is -3.13. The molecule has 28 heavy (non-hydrogen) atoms. The number of rotatable bonds is 5. The monoisotopic (exact) mass is 384 g/mol. The van der Waals surface area contributed by atoms with Crippen molar-refractivity contribution >= 4 is 29.4 Å². The Morgan fingerprint density at radius 2 is 1.57 bits per heavy atom. The van der Waals surface area contributed by atoms with Gasteiger partial charge < -0.3 is 19.7 Å². The number of carbonyl (C=O) groups is 4. The van der Waals surface area contributed by atoms with Gasteiger partial charge in [-0.25, -0.2) is 9.59 Å². The molecule has 2 amide bonds. The molecule has 0 heterocycles.